The Balaban J connectivity index is 1.71. The van der Waals surface area contributed by atoms with Crippen LogP contribution in [0.1, 0.15) is 15.4 Å². The van der Waals surface area contributed by atoms with Crippen molar-refractivity contribution in [2.45, 2.75) is 6.92 Å². The summed E-state index contributed by atoms with van der Waals surface area (Å²) in [6.45, 7) is 1.76. The monoisotopic (exact) mass is 339 g/mol. The van der Waals surface area contributed by atoms with Gasteiger partial charge in [-0.15, -0.1) is 0 Å². The minimum Gasteiger partial charge on any atom is -0.356 e. The van der Waals surface area contributed by atoms with Crippen molar-refractivity contribution in [3.8, 4) is 0 Å². The summed E-state index contributed by atoms with van der Waals surface area (Å²) in [6, 6.07) is 17.3. The van der Waals surface area contributed by atoms with Crippen LogP contribution in [-0.2, 0) is 7.05 Å². The van der Waals surface area contributed by atoms with E-state index in [1.165, 1.54) is 4.57 Å². The first-order valence-electron chi connectivity index (χ1n) is 7.44. The molecule has 1 amide bonds. The highest BCUT2D eigenvalue weighted by molar-refractivity contribution is 7.11. The molecule has 0 saturated heterocycles. The van der Waals surface area contributed by atoms with Crippen LogP contribution in [0.5, 0.6) is 0 Å². The van der Waals surface area contributed by atoms with Crippen LogP contribution in [0.25, 0.3) is 0 Å². The summed E-state index contributed by atoms with van der Waals surface area (Å²) in [4.78, 5) is 24.2. The standard InChI is InChI=1S/C18H17N3O2S/c1-12-16(24-18(23)21(12)2)17(22)20-15-10-8-14(9-11-15)19-13-6-4-3-5-7-13/h3-11,19H,1-2H3,(H,20,22). The third-order valence-electron chi connectivity index (χ3n) is 3.71. The second-order valence-corrected chi connectivity index (χ2v) is 6.33. The molecule has 0 aliphatic rings. The molecule has 3 aromatic rings. The van der Waals surface area contributed by atoms with Crippen molar-refractivity contribution in [2.24, 2.45) is 7.05 Å². The number of anilines is 3. The lowest BCUT2D eigenvalue weighted by molar-refractivity contribution is 0.102. The number of amides is 1. The Labute approximate surface area is 143 Å². The summed E-state index contributed by atoms with van der Waals surface area (Å²) in [7, 11) is 1.66. The number of hydrogen-bond donors (Lipinski definition) is 2. The van der Waals surface area contributed by atoms with Crippen LogP contribution in [0.3, 0.4) is 0 Å². The average Bonchev–Trinajstić information content (AvgIpc) is 2.85. The largest absolute Gasteiger partial charge is 0.356 e. The first kappa shape index (κ1) is 16.0. The molecule has 2 N–H and O–H groups in total. The SMILES string of the molecule is Cc1c(C(=O)Nc2ccc(Nc3ccccc3)cc2)sc(=O)n1C. The van der Waals surface area contributed by atoms with Crippen LogP contribution in [0.15, 0.2) is 59.4 Å². The van der Waals surface area contributed by atoms with Gasteiger partial charge in [-0.1, -0.05) is 29.5 Å². The average molecular weight is 339 g/mol. The number of aromatic nitrogens is 1. The number of rotatable bonds is 4. The highest BCUT2D eigenvalue weighted by atomic mass is 32.1. The van der Waals surface area contributed by atoms with Crippen LogP contribution in [0, 0.1) is 6.92 Å². The van der Waals surface area contributed by atoms with Crippen molar-refractivity contribution in [1.29, 1.82) is 0 Å². The van der Waals surface area contributed by atoms with Gasteiger partial charge in [-0.25, -0.2) is 0 Å². The van der Waals surface area contributed by atoms with Crippen molar-refractivity contribution >= 4 is 34.3 Å². The minimum absolute atomic E-state index is 0.139. The summed E-state index contributed by atoms with van der Waals surface area (Å²) in [5.74, 6) is -0.265. The quantitative estimate of drug-likeness (QED) is 0.761. The van der Waals surface area contributed by atoms with Crippen molar-refractivity contribution in [1.82, 2.24) is 4.57 Å². The van der Waals surface area contributed by atoms with E-state index < -0.39 is 0 Å². The third-order valence-corrected chi connectivity index (χ3v) is 4.84. The number of nitrogens with one attached hydrogen (secondary N) is 2. The Hall–Kier alpha value is -2.86. The van der Waals surface area contributed by atoms with Gasteiger partial charge in [0.15, 0.2) is 0 Å². The van der Waals surface area contributed by atoms with Crippen LogP contribution in [0.4, 0.5) is 17.1 Å². The molecule has 0 aliphatic heterocycles. The second kappa shape index (κ2) is 6.72. The summed E-state index contributed by atoms with van der Waals surface area (Å²) in [5, 5.41) is 6.10. The maximum absolute atomic E-state index is 12.3. The van der Waals surface area contributed by atoms with Gasteiger partial charge in [-0.05, 0) is 43.3 Å². The zero-order valence-corrected chi connectivity index (χ0v) is 14.2. The molecule has 0 bridgehead atoms. The molecule has 2 aromatic carbocycles. The maximum atomic E-state index is 12.3. The molecule has 0 radical (unpaired) electrons. The molecule has 0 aliphatic carbocycles. The molecule has 0 fully saturated rings. The lowest BCUT2D eigenvalue weighted by Gasteiger charge is -2.08. The number of thiazole rings is 1. The van der Waals surface area contributed by atoms with Gasteiger partial charge in [0, 0.05) is 29.8 Å². The van der Waals surface area contributed by atoms with E-state index in [-0.39, 0.29) is 10.8 Å². The topological polar surface area (TPSA) is 63.1 Å². The third kappa shape index (κ3) is 3.38. The summed E-state index contributed by atoms with van der Waals surface area (Å²) >= 11 is 0.956. The lowest BCUT2D eigenvalue weighted by Crippen LogP contribution is -2.12. The van der Waals surface area contributed by atoms with Crippen LogP contribution in [0.2, 0.25) is 0 Å². The Morgan fingerprint density at radius 1 is 0.958 bits per heavy atom. The fraction of sp³-hybridized carbons (Fsp3) is 0.111. The normalized spacial score (nSPS) is 10.4. The van der Waals surface area contributed by atoms with Gasteiger partial charge in [-0.3, -0.25) is 9.59 Å². The number of hydrogen-bond acceptors (Lipinski definition) is 4. The van der Waals surface area contributed by atoms with Crippen molar-refractivity contribution < 1.29 is 4.79 Å². The summed E-state index contributed by atoms with van der Waals surface area (Å²) in [5.41, 5.74) is 3.28. The molecule has 1 heterocycles. The molecule has 0 atom stereocenters. The van der Waals surface area contributed by atoms with Crippen LogP contribution >= 0.6 is 11.3 Å². The second-order valence-electron chi connectivity index (χ2n) is 5.36. The number of carbonyl (C=O) groups excluding carboxylic acids is 1. The zero-order chi connectivity index (χ0) is 17.1. The number of nitrogens with zero attached hydrogens (tertiary/aromatic N) is 1. The van der Waals surface area contributed by atoms with Crippen LogP contribution < -0.4 is 15.5 Å². The van der Waals surface area contributed by atoms with Crippen LogP contribution in [-0.4, -0.2) is 10.5 Å². The van der Waals surface area contributed by atoms with Crippen molar-refractivity contribution in [3.05, 3.63) is 74.8 Å². The first-order chi connectivity index (χ1) is 11.5. The molecular weight excluding hydrogens is 322 g/mol. The molecule has 5 nitrogen and oxygen atoms in total. The van der Waals surface area contributed by atoms with E-state index in [2.05, 4.69) is 10.6 Å². The van der Waals surface area contributed by atoms with Gasteiger partial charge in [0.2, 0.25) is 0 Å². The molecule has 6 heteroatoms. The molecule has 3 rings (SSSR count). The Morgan fingerprint density at radius 2 is 1.54 bits per heavy atom. The van der Waals surface area contributed by atoms with Gasteiger partial charge in [0.05, 0.1) is 0 Å². The predicted octanol–water partition coefficient (Wildman–Crippen LogP) is 3.75. The van der Waals surface area contributed by atoms with E-state index in [9.17, 15) is 9.59 Å². The highest BCUT2D eigenvalue weighted by Crippen LogP contribution is 2.20. The molecule has 0 spiro atoms. The minimum atomic E-state index is -0.265. The van der Waals surface area contributed by atoms with Gasteiger partial charge in [-0.2, -0.15) is 0 Å². The fourth-order valence-electron chi connectivity index (χ4n) is 2.24. The molecule has 122 valence electrons. The van der Waals surface area contributed by atoms with Gasteiger partial charge in [0.25, 0.3) is 5.91 Å². The van der Waals surface area contributed by atoms with E-state index in [1.807, 2.05) is 54.6 Å². The van der Waals surface area contributed by atoms with E-state index in [0.717, 1.165) is 22.7 Å². The molecule has 1 aromatic heterocycles. The number of para-hydroxylation sites is 1. The predicted molar refractivity (Wildman–Crippen MR) is 98.4 cm³/mol. The summed E-state index contributed by atoms with van der Waals surface area (Å²) < 4.78 is 1.48. The Bertz CT molecular complexity index is 912. The van der Waals surface area contributed by atoms with E-state index >= 15 is 0 Å². The van der Waals surface area contributed by atoms with Crippen molar-refractivity contribution in [3.63, 3.8) is 0 Å². The van der Waals surface area contributed by atoms with E-state index in [4.69, 9.17) is 0 Å². The van der Waals surface area contributed by atoms with E-state index in [1.54, 1.807) is 14.0 Å². The molecule has 0 saturated carbocycles. The molecular formula is C18H17N3O2S. The molecule has 24 heavy (non-hydrogen) atoms. The zero-order valence-electron chi connectivity index (χ0n) is 13.4. The number of benzene rings is 2. The smallest absolute Gasteiger partial charge is 0.307 e. The summed E-state index contributed by atoms with van der Waals surface area (Å²) in [6.07, 6.45) is 0. The van der Waals surface area contributed by atoms with Gasteiger partial charge in [0.1, 0.15) is 4.88 Å². The maximum Gasteiger partial charge on any atom is 0.307 e. The molecule has 0 unspecified atom stereocenters. The van der Waals surface area contributed by atoms with E-state index in [0.29, 0.717) is 16.3 Å². The first-order valence-corrected chi connectivity index (χ1v) is 8.26. The highest BCUT2D eigenvalue weighted by Gasteiger charge is 2.15. The van der Waals surface area contributed by atoms with Gasteiger partial charge < -0.3 is 15.2 Å². The van der Waals surface area contributed by atoms with Crippen molar-refractivity contribution in [2.75, 3.05) is 10.6 Å². The Kier molecular flexibility index (Phi) is 4.48. The van der Waals surface area contributed by atoms with Gasteiger partial charge >= 0.3 is 4.87 Å². The lowest BCUT2D eigenvalue weighted by atomic mass is 10.2. The fourth-order valence-corrected chi connectivity index (χ4v) is 3.12. The Morgan fingerprint density at radius 3 is 2.12 bits per heavy atom. The number of carbonyl (C=O) groups is 1.